The molecule has 0 bridgehead atoms. The second-order valence-electron chi connectivity index (χ2n) is 6.91. The minimum absolute atomic E-state index is 0.114. The van der Waals surface area contributed by atoms with Crippen LogP contribution >= 0.6 is 0 Å². The zero-order valence-corrected chi connectivity index (χ0v) is 15.6. The van der Waals surface area contributed by atoms with Crippen LogP contribution in [0, 0.1) is 17.0 Å². The predicted octanol–water partition coefficient (Wildman–Crippen LogP) is 3.28. The molecule has 0 N–H and O–H groups in total. The summed E-state index contributed by atoms with van der Waals surface area (Å²) in [5.41, 5.74) is 3.26. The van der Waals surface area contributed by atoms with Crippen LogP contribution in [0.25, 0.3) is 11.4 Å². The average Bonchev–Trinajstić information content (AvgIpc) is 3.18. The molecule has 0 unspecified atom stereocenters. The Kier molecular flexibility index (Phi) is 5.03. The Morgan fingerprint density at radius 3 is 2.36 bits per heavy atom. The van der Waals surface area contributed by atoms with E-state index in [1.807, 2.05) is 31.2 Å². The van der Waals surface area contributed by atoms with Crippen molar-refractivity contribution in [2.45, 2.75) is 13.5 Å². The number of rotatable bonds is 5. The first-order valence-electron chi connectivity index (χ1n) is 9.20. The van der Waals surface area contributed by atoms with Crippen LogP contribution in [0.4, 0.5) is 11.4 Å². The molecule has 1 aliphatic heterocycles. The van der Waals surface area contributed by atoms with Crippen LogP contribution in [0.15, 0.2) is 53.1 Å². The third kappa shape index (κ3) is 4.01. The molecule has 4 rings (SSSR count). The van der Waals surface area contributed by atoms with Gasteiger partial charge in [-0.3, -0.25) is 15.0 Å². The molecule has 1 fully saturated rings. The molecule has 0 atom stereocenters. The van der Waals surface area contributed by atoms with E-state index in [0.717, 1.165) is 37.4 Å². The van der Waals surface area contributed by atoms with Gasteiger partial charge < -0.3 is 9.42 Å². The summed E-state index contributed by atoms with van der Waals surface area (Å²) in [5, 5.41) is 14.9. The number of nitro groups is 1. The maximum absolute atomic E-state index is 10.8. The molecule has 3 aromatic rings. The van der Waals surface area contributed by atoms with Crippen molar-refractivity contribution in [1.29, 1.82) is 0 Å². The van der Waals surface area contributed by atoms with Gasteiger partial charge in [0.1, 0.15) is 0 Å². The van der Waals surface area contributed by atoms with Crippen LogP contribution < -0.4 is 4.90 Å². The first kappa shape index (κ1) is 18.1. The summed E-state index contributed by atoms with van der Waals surface area (Å²) in [5.74, 6) is 1.22. The van der Waals surface area contributed by atoms with Gasteiger partial charge in [-0.15, -0.1) is 0 Å². The molecular weight excluding hydrogens is 358 g/mol. The van der Waals surface area contributed by atoms with Gasteiger partial charge >= 0.3 is 0 Å². The van der Waals surface area contributed by atoms with E-state index < -0.39 is 0 Å². The third-order valence-corrected chi connectivity index (χ3v) is 4.93. The van der Waals surface area contributed by atoms with Crippen molar-refractivity contribution >= 4 is 11.4 Å². The molecule has 2 heterocycles. The molecule has 1 saturated heterocycles. The average molecular weight is 379 g/mol. The predicted molar refractivity (Wildman–Crippen MR) is 105 cm³/mol. The number of aryl methyl sites for hydroxylation is 1. The lowest BCUT2D eigenvalue weighted by atomic mass is 10.1. The molecule has 1 aromatic heterocycles. The normalized spacial score (nSPS) is 15.0. The van der Waals surface area contributed by atoms with Crippen molar-refractivity contribution in [2.24, 2.45) is 0 Å². The Hall–Kier alpha value is -3.26. The van der Waals surface area contributed by atoms with Crippen LogP contribution in [0.1, 0.15) is 11.5 Å². The van der Waals surface area contributed by atoms with Gasteiger partial charge in [0.2, 0.25) is 11.7 Å². The molecule has 0 saturated carbocycles. The van der Waals surface area contributed by atoms with Crippen molar-refractivity contribution in [3.63, 3.8) is 0 Å². The van der Waals surface area contributed by atoms with Gasteiger partial charge in [0.05, 0.1) is 11.5 Å². The molecule has 8 heteroatoms. The summed E-state index contributed by atoms with van der Waals surface area (Å²) in [6.45, 7) is 6.07. The SMILES string of the molecule is Cc1ccc(-c2noc(CN3CCN(c4ccc([N+](=O)[O-])cc4)CC3)n2)cc1. The summed E-state index contributed by atoms with van der Waals surface area (Å²) in [4.78, 5) is 19.4. The van der Waals surface area contributed by atoms with Gasteiger partial charge in [-0.1, -0.05) is 35.0 Å². The Balaban J connectivity index is 1.33. The van der Waals surface area contributed by atoms with E-state index in [0.29, 0.717) is 18.3 Å². The molecule has 0 amide bonds. The number of non-ortho nitro benzene ring substituents is 1. The topological polar surface area (TPSA) is 88.5 Å². The van der Waals surface area contributed by atoms with Gasteiger partial charge in [-0.25, -0.2) is 0 Å². The smallest absolute Gasteiger partial charge is 0.269 e. The minimum Gasteiger partial charge on any atom is -0.369 e. The molecule has 0 radical (unpaired) electrons. The van der Waals surface area contributed by atoms with E-state index >= 15 is 0 Å². The lowest BCUT2D eigenvalue weighted by Crippen LogP contribution is -2.46. The highest BCUT2D eigenvalue weighted by molar-refractivity contribution is 5.54. The first-order chi connectivity index (χ1) is 13.6. The van der Waals surface area contributed by atoms with Crippen molar-refractivity contribution in [3.8, 4) is 11.4 Å². The van der Waals surface area contributed by atoms with Crippen molar-refractivity contribution in [3.05, 3.63) is 70.1 Å². The number of piperazine rings is 1. The summed E-state index contributed by atoms with van der Waals surface area (Å²) >= 11 is 0. The van der Waals surface area contributed by atoms with Crippen LogP contribution in [-0.4, -0.2) is 46.1 Å². The van der Waals surface area contributed by atoms with Crippen molar-refractivity contribution in [2.75, 3.05) is 31.1 Å². The molecule has 2 aromatic carbocycles. The van der Waals surface area contributed by atoms with E-state index in [9.17, 15) is 10.1 Å². The Morgan fingerprint density at radius 2 is 1.71 bits per heavy atom. The zero-order valence-electron chi connectivity index (χ0n) is 15.6. The fourth-order valence-corrected chi connectivity index (χ4v) is 3.28. The maximum atomic E-state index is 10.8. The number of benzene rings is 2. The van der Waals surface area contributed by atoms with Gasteiger partial charge in [0, 0.05) is 49.6 Å². The summed E-state index contributed by atoms with van der Waals surface area (Å²) in [6, 6.07) is 14.8. The molecule has 8 nitrogen and oxygen atoms in total. The highest BCUT2D eigenvalue weighted by atomic mass is 16.6. The van der Waals surface area contributed by atoms with Gasteiger partial charge in [0.25, 0.3) is 5.69 Å². The maximum Gasteiger partial charge on any atom is 0.269 e. The first-order valence-corrected chi connectivity index (χ1v) is 9.20. The quantitative estimate of drug-likeness (QED) is 0.496. The van der Waals surface area contributed by atoms with Gasteiger partial charge in [-0.05, 0) is 19.1 Å². The van der Waals surface area contributed by atoms with E-state index in [-0.39, 0.29) is 10.6 Å². The summed E-state index contributed by atoms with van der Waals surface area (Å²) < 4.78 is 5.42. The molecule has 144 valence electrons. The molecule has 0 aliphatic carbocycles. The highest BCUT2D eigenvalue weighted by Gasteiger charge is 2.20. The van der Waals surface area contributed by atoms with E-state index in [2.05, 4.69) is 19.9 Å². The number of nitro benzene ring substituents is 1. The van der Waals surface area contributed by atoms with Crippen molar-refractivity contribution in [1.82, 2.24) is 15.0 Å². The largest absolute Gasteiger partial charge is 0.369 e. The standard InChI is InChI=1S/C20H21N5O3/c1-15-2-4-16(5-3-15)20-21-19(28-22-20)14-23-10-12-24(13-11-23)17-6-8-18(9-7-17)25(26)27/h2-9H,10-14H2,1H3. The van der Waals surface area contributed by atoms with Crippen LogP contribution in [0.5, 0.6) is 0 Å². The molecule has 1 aliphatic rings. The van der Waals surface area contributed by atoms with Gasteiger partial charge in [0.15, 0.2) is 0 Å². The Labute approximate surface area is 162 Å². The monoisotopic (exact) mass is 379 g/mol. The van der Waals surface area contributed by atoms with E-state index in [4.69, 9.17) is 4.52 Å². The lowest BCUT2D eigenvalue weighted by Gasteiger charge is -2.35. The van der Waals surface area contributed by atoms with E-state index in [1.165, 1.54) is 5.56 Å². The number of nitrogens with zero attached hydrogens (tertiary/aromatic N) is 5. The Morgan fingerprint density at radius 1 is 1.04 bits per heavy atom. The zero-order chi connectivity index (χ0) is 19.5. The van der Waals surface area contributed by atoms with Gasteiger partial charge in [-0.2, -0.15) is 4.98 Å². The van der Waals surface area contributed by atoms with E-state index in [1.54, 1.807) is 24.3 Å². The summed E-state index contributed by atoms with van der Waals surface area (Å²) in [7, 11) is 0. The summed E-state index contributed by atoms with van der Waals surface area (Å²) in [6.07, 6.45) is 0. The fraction of sp³-hybridized carbons (Fsp3) is 0.300. The van der Waals surface area contributed by atoms with Crippen molar-refractivity contribution < 1.29 is 9.45 Å². The Bertz CT molecular complexity index is 945. The highest BCUT2D eigenvalue weighted by Crippen LogP contribution is 2.21. The van der Waals surface area contributed by atoms with Crippen LogP contribution in [0.2, 0.25) is 0 Å². The van der Waals surface area contributed by atoms with Crippen LogP contribution in [0.3, 0.4) is 0 Å². The molecule has 28 heavy (non-hydrogen) atoms. The number of aromatic nitrogens is 2. The lowest BCUT2D eigenvalue weighted by molar-refractivity contribution is -0.384. The number of hydrogen-bond acceptors (Lipinski definition) is 7. The molecular formula is C20H21N5O3. The number of hydrogen-bond donors (Lipinski definition) is 0. The fourth-order valence-electron chi connectivity index (χ4n) is 3.28. The second kappa shape index (κ2) is 7.77. The number of anilines is 1. The molecule has 0 spiro atoms. The second-order valence-corrected chi connectivity index (χ2v) is 6.91. The minimum atomic E-state index is -0.378. The third-order valence-electron chi connectivity index (χ3n) is 4.93. The van der Waals surface area contributed by atoms with Crippen LogP contribution in [-0.2, 0) is 6.54 Å².